The van der Waals surface area contributed by atoms with E-state index < -0.39 is 0 Å². The lowest BCUT2D eigenvalue weighted by atomic mass is 10.0. The van der Waals surface area contributed by atoms with Gasteiger partial charge in [-0.05, 0) is 23.8 Å². The summed E-state index contributed by atoms with van der Waals surface area (Å²) in [6.07, 6.45) is 0.765. The van der Waals surface area contributed by atoms with Gasteiger partial charge in [0.2, 0.25) is 0 Å². The molecule has 104 valence electrons. The van der Waals surface area contributed by atoms with Gasteiger partial charge in [0.15, 0.2) is 0 Å². The van der Waals surface area contributed by atoms with E-state index in [2.05, 4.69) is 28.1 Å². The molecule has 0 heterocycles. The van der Waals surface area contributed by atoms with Crippen LogP contribution in [0.4, 0.5) is 0 Å². The summed E-state index contributed by atoms with van der Waals surface area (Å²) in [5.41, 5.74) is 1.76. The van der Waals surface area contributed by atoms with E-state index in [0.29, 0.717) is 22.9 Å². The Morgan fingerprint density at radius 1 is 1.20 bits per heavy atom. The highest BCUT2D eigenvalue weighted by molar-refractivity contribution is 9.09. The number of hydrogen-bond donors (Lipinski definition) is 0. The highest BCUT2D eigenvalue weighted by atomic mass is 79.9. The zero-order valence-electron chi connectivity index (χ0n) is 10.8. The molecule has 4 heteroatoms. The molecule has 0 aliphatic heterocycles. The number of alkyl halides is 1. The van der Waals surface area contributed by atoms with E-state index in [1.54, 1.807) is 18.2 Å². The van der Waals surface area contributed by atoms with E-state index in [9.17, 15) is 4.79 Å². The second-order valence-electron chi connectivity index (χ2n) is 4.38. The summed E-state index contributed by atoms with van der Waals surface area (Å²) in [7, 11) is 0. The van der Waals surface area contributed by atoms with Crippen LogP contribution in [0.3, 0.4) is 0 Å². The lowest BCUT2D eigenvalue weighted by Gasteiger charge is -2.16. The standard InChI is InChI=1S/C16H14BrClO2/c17-9-14(13-4-2-1-3-5-13)11-20-16-7-6-12(10-19)8-15(16)18/h1-8,10,14H,9,11H2. The summed E-state index contributed by atoms with van der Waals surface area (Å²) >= 11 is 9.59. The molecule has 2 aromatic rings. The van der Waals surface area contributed by atoms with Crippen LogP contribution in [0.25, 0.3) is 0 Å². The summed E-state index contributed by atoms with van der Waals surface area (Å²) in [6, 6.07) is 15.2. The predicted octanol–water partition coefficient (Wildman–Crippen LogP) is 4.71. The summed E-state index contributed by atoms with van der Waals surface area (Å²) < 4.78 is 5.77. The molecular formula is C16H14BrClO2. The molecule has 0 fully saturated rings. The zero-order valence-corrected chi connectivity index (χ0v) is 13.1. The largest absolute Gasteiger partial charge is 0.491 e. The minimum absolute atomic E-state index is 0.248. The molecule has 0 spiro atoms. The van der Waals surface area contributed by atoms with Crippen molar-refractivity contribution in [3.05, 3.63) is 64.7 Å². The predicted molar refractivity (Wildman–Crippen MR) is 85.3 cm³/mol. The first-order chi connectivity index (χ1) is 9.74. The summed E-state index contributed by atoms with van der Waals surface area (Å²) in [4.78, 5) is 10.7. The monoisotopic (exact) mass is 352 g/mol. The molecule has 1 unspecified atom stereocenters. The molecule has 0 aliphatic rings. The fourth-order valence-electron chi connectivity index (χ4n) is 1.85. The van der Waals surface area contributed by atoms with Crippen molar-refractivity contribution in [3.8, 4) is 5.75 Å². The van der Waals surface area contributed by atoms with Gasteiger partial charge in [-0.2, -0.15) is 0 Å². The topological polar surface area (TPSA) is 26.3 Å². The smallest absolute Gasteiger partial charge is 0.150 e. The van der Waals surface area contributed by atoms with E-state index in [1.807, 2.05) is 18.2 Å². The Morgan fingerprint density at radius 3 is 2.55 bits per heavy atom. The van der Waals surface area contributed by atoms with Crippen LogP contribution in [0.1, 0.15) is 21.8 Å². The van der Waals surface area contributed by atoms with Gasteiger partial charge in [0, 0.05) is 16.8 Å². The zero-order chi connectivity index (χ0) is 14.4. The van der Waals surface area contributed by atoms with Crippen molar-refractivity contribution in [3.63, 3.8) is 0 Å². The van der Waals surface area contributed by atoms with Gasteiger partial charge in [-0.15, -0.1) is 0 Å². The van der Waals surface area contributed by atoms with E-state index in [-0.39, 0.29) is 5.92 Å². The molecule has 0 aliphatic carbocycles. The normalized spacial score (nSPS) is 11.9. The third-order valence-electron chi connectivity index (χ3n) is 2.99. The van der Waals surface area contributed by atoms with Crippen LogP contribution in [-0.4, -0.2) is 18.2 Å². The third kappa shape index (κ3) is 3.84. The van der Waals surface area contributed by atoms with Crippen LogP contribution < -0.4 is 4.74 Å². The molecule has 1 atom stereocenters. The first kappa shape index (κ1) is 15.1. The summed E-state index contributed by atoms with van der Waals surface area (Å²) in [6.45, 7) is 0.523. The van der Waals surface area contributed by atoms with Crippen LogP contribution in [-0.2, 0) is 0 Å². The molecule has 2 aromatic carbocycles. The number of ether oxygens (including phenoxy) is 1. The fourth-order valence-corrected chi connectivity index (χ4v) is 2.66. The van der Waals surface area contributed by atoms with Crippen molar-refractivity contribution in [2.45, 2.75) is 5.92 Å². The third-order valence-corrected chi connectivity index (χ3v) is 4.07. The molecule has 0 amide bonds. The Bertz CT molecular complexity index is 572. The van der Waals surface area contributed by atoms with Gasteiger partial charge in [-0.1, -0.05) is 57.9 Å². The Labute approximate surface area is 131 Å². The molecule has 0 bridgehead atoms. The molecule has 0 N–H and O–H groups in total. The van der Waals surface area contributed by atoms with Crippen LogP contribution in [0.2, 0.25) is 5.02 Å². The minimum atomic E-state index is 0.248. The van der Waals surface area contributed by atoms with E-state index in [4.69, 9.17) is 16.3 Å². The second-order valence-corrected chi connectivity index (χ2v) is 5.44. The first-order valence-corrected chi connectivity index (χ1v) is 7.73. The molecule has 2 nitrogen and oxygen atoms in total. The maximum Gasteiger partial charge on any atom is 0.150 e. The van der Waals surface area contributed by atoms with E-state index in [0.717, 1.165) is 11.6 Å². The van der Waals surface area contributed by atoms with Gasteiger partial charge in [0.1, 0.15) is 12.0 Å². The number of rotatable bonds is 6. The van der Waals surface area contributed by atoms with Crippen LogP contribution in [0.5, 0.6) is 5.75 Å². The number of carbonyl (C=O) groups is 1. The molecule has 0 aromatic heterocycles. The van der Waals surface area contributed by atoms with Crippen molar-refractivity contribution in [1.29, 1.82) is 0 Å². The number of carbonyl (C=O) groups excluding carboxylic acids is 1. The van der Waals surface area contributed by atoms with Crippen molar-refractivity contribution >= 4 is 33.8 Å². The lowest BCUT2D eigenvalue weighted by Crippen LogP contribution is -2.11. The molecule has 0 saturated carbocycles. The van der Waals surface area contributed by atoms with Crippen LogP contribution >= 0.6 is 27.5 Å². The average Bonchev–Trinajstić information content (AvgIpc) is 2.50. The summed E-state index contributed by atoms with van der Waals surface area (Å²) in [5, 5.41) is 1.26. The average molecular weight is 354 g/mol. The number of benzene rings is 2. The van der Waals surface area contributed by atoms with Gasteiger partial charge in [0.05, 0.1) is 11.6 Å². The second kappa shape index (κ2) is 7.46. The molecule has 0 saturated heterocycles. The fraction of sp³-hybridized carbons (Fsp3) is 0.188. The van der Waals surface area contributed by atoms with Gasteiger partial charge in [-0.25, -0.2) is 0 Å². The SMILES string of the molecule is O=Cc1ccc(OCC(CBr)c2ccccc2)c(Cl)c1. The van der Waals surface area contributed by atoms with Gasteiger partial charge in [-0.3, -0.25) is 4.79 Å². The van der Waals surface area contributed by atoms with Crippen LogP contribution in [0.15, 0.2) is 48.5 Å². The molecule has 20 heavy (non-hydrogen) atoms. The molecule has 0 radical (unpaired) electrons. The van der Waals surface area contributed by atoms with E-state index >= 15 is 0 Å². The van der Waals surface area contributed by atoms with Gasteiger partial charge < -0.3 is 4.74 Å². The highest BCUT2D eigenvalue weighted by Crippen LogP contribution is 2.27. The van der Waals surface area contributed by atoms with E-state index in [1.165, 1.54) is 5.56 Å². The van der Waals surface area contributed by atoms with Gasteiger partial charge >= 0.3 is 0 Å². The van der Waals surface area contributed by atoms with Gasteiger partial charge in [0.25, 0.3) is 0 Å². The maximum absolute atomic E-state index is 10.7. The summed E-state index contributed by atoms with van der Waals surface area (Å²) in [5.74, 6) is 0.845. The van der Waals surface area contributed by atoms with Crippen molar-refractivity contribution in [2.24, 2.45) is 0 Å². The number of aldehydes is 1. The number of halogens is 2. The van der Waals surface area contributed by atoms with Crippen molar-refractivity contribution < 1.29 is 9.53 Å². The Balaban J connectivity index is 2.05. The number of hydrogen-bond acceptors (Lipinski definition) is 2. The Hall–Kier alpha value is -1.32. The minimum Gasteiger partial charge on any atom is -0.491 e. The Kier molecular flexibility index (Phi) is 5.62. The quantitative estimate of drug-likeness (QED) is 0.555. The maximum atomic E-state index is 10.7. The lowest BCUT2D eigenvalue weighted by molar-refractivity contribution is 0.112. The van der Waals surface area contributed by atoms with Crippen molar-refractivity contribution in [1.82, 2.24) is 0 Å². The molecule has 2 rings (SSSR count). The van der Waals surface area contributed by atoms with Crippen LogP contribution in [0, 0.1) is 0 Å². The molecular weight excluding hydrogens is 340 g/mol. The first-order valence-electron chi connectivity index (χ1n) is 6.23. The van der Waals surface area contributed by atoms with Crippen molar-refractivity contribution in [2.75, 3.05) is 11.9 Å². The Morgan fingerprint density at radius 2 is 1.95 bits per heavy atom. The highest BCUT2D eigenvalue weighted by Gasteiger charge is 2.12.